The van der Waals surface area contributed by atoms with Gasteiger partial charge in [0.25, 0.3) is 0 Å². The molecule has 0 amide bonds. The summed E-state index contributed by atoms with van der Waals surface area (Å²) >= 11 is 0. The summed E-state index contributed by atoms with van der Waals surface area (Å²) < 4.78 is 79.9. The number of anilines is 4. The molecule has 21 heteroatoms. The van der Waals surface area contributed by atoms with Crippen LogP contribution in [0.5, 0.6) is 5.88 Å². The fraction of sp³-hybridized carbons (Fsp3) is 0.543. The number of piperazine rings is 1. The maximum Gasteiger partial charge on any atom is 0.401 e. The lowest BCUT2D eigenvalue weighted by atomic mass is 9.93. The quantitative estimate of drug-likeness (QED) is 0.0957. The van der Waals surface area contributed by atoms with Crippen LogP contribution in [-0.4, -0.2) is 138 Å². The Bertz CT molecular complexity index is 2120. The minimum absolute atomic E-state index is 0.0356. The van der Waals surface area contributed by atoms with Crippen LogP contribution in [-0.2, 0) is 28.4 Å². The van der Waals surface area contributed by atoms with Gasteiger partial charge < -0.3 is 29.8 Å². The van der Waals surface area contributed by atoms with Crippen LogP contribution in [0.1, 0.15) is 31.4 Å². The molecule has 2 saturated heterocycles. The van der Waals surface area contributed by atoms with Crippen molar-refractivity contribution in [2.45, 2.75) is 50.6 Å². The third kappa shape index (κ3) is 9.32. The number of hydrogen-bond acceptors (Lipinski definition) is 14. The van der Waals surface area contributed by atoms with E-state index in [2.05, 4.69) is 36.9 Å². The molecule has 0 spiro atoms. The van der Waals surface area contributed by atoms with Crippen molar-refractivity contribution in [3.05, 3.63) is 47.8 Å². The molecule has 3 aliphatic rings. The number of nitrogens with one attached hydrogen (secondary N) is 1. The second-order valence-electron chi connectivity index (χ2n) is 14.3. The van der Waals surface area contributed by atoms with Gasteiger partial charge in [0.05, 0.1) is 80.5 Å². The average Bonchev–Trinajstić information content (AvgIpc) is 3.54. The van der Waals surface area contributed by atoms with Crippen LogP contribution in [0.3, 0.4) is 0 Å². The van der Waals surface area contributed by atoms with Crippen LogP contribution in [0.25, 0.3) is 10.9 Å². The van der Waals surface area contributed by atoms with Crippen LogP contribution >= 0.6 is 0 Å². The smallest absolute Gasteiger partial charge is 0.401 e. The van der Waals surface area contributed by atoms with Crippen molar-refractivity contribution in [2.24, 2.45) is 7.05 Å². The molecular weight excluding hydrogens is 758 g/mol. The first-order chi connectivity index (χ1) is 26.7. The van der Waals surface area contributed by atoms with Crippen molar-refractivity contribution < 1.29 is 35.8 Å². The van der Waals surface area contributed by atoms with Crippen LogP contribution < -0.4 is 24.2 Å². The van der Waals surface area contributed by atoms with E-state index in [0.717, 1.165) is 24.8 Å². The van der Waals surface area contributed by atoms with Gasteiger partial charge in [-0.1, -0.05) is 4.98 Å². The Balaban J connectivity index is 1.04. The molecule has 0 bridgehead atoms. The van der Waals surface area contributed by atoms with E-state index >= 15 is 0 Å². The number of morpholine rings is 1. The number of nitrogens with zero attached hydrogens (tertiary/aromatic N) is 11. The number of fused-ring (bicyclic) bond motifs is 1. The topological polar surface area (TPSA) is 173 Å². The summed E-state index contributed by atoms with van der Waals surface area (Å²) in [5, 5.41) is 15.8. The lowest BCUT2D eigenvalue weighted by molar-refractivity contribution is -0.362. The highest BCUT2D eigenvalue weighted by molar-refractivity contribution is 7.92. The highest BCUT2D eigenvalue weighted by Crippen LogP contribution is 2.35. The van der Waals surface area contributed by atoms with Crippen molar-refractivity contribution >= 4 is 56.7 Å². The molecule has 1 N–H and O–H groups in total. The molecule has 4 aromatic heterocycles. The van der Waals surface area contributed by atoms with Crippen molar-refractivity contribution in [1.29, 1.82) is 0 Å². The van der Waals surface area contributed by atoms with Gasteiger partial charge >= 0.3 is 12.1 Å². The van der Waals surface area contributed by atoms with Crippen LogP contribution in [0, 0.1) is 5.21 Å². The summed E-state index contributed by atoms with van der Waals surface area (Å²) in [6.07, 6.45) is 6.00. The van der Waals surface area contributed by atoms with E-state index < -0.39 is 22.7 Å². The van der Waals surface area contributed by atoms with E-state index in [1.807, 2.05) is 11.0 Å². The predicted octanol–water partition coefficient (Wildman–Crippen LogP) is 3.28. The molecule has 2 aliphatic heterocycles. The fourth-order valence-electron chi connectivity index (χ4n) is 7.25. The number of alkyl halides is 3. The van der Waals surface area contributed by atoms with Gasteiger partial charge in [0.15, 0.2) is 0 Å². The number of imidazole rings is 1. The summed E-state index contributed by atoms with van der Waals surface area (Å²) in [6.45, 7) is 6.32. The van der Waals surface area contributed by atoms with Gasteiger partial charge in [0.2, 0.25) is 21.9 Å². The number of pyridine rings is 2. The molecule has 0 radical (unpaired) electrons. The zero-order valence-corrected chi connectivity index (χ0v) is 32.0. The minimum Gasteiger partial charge on any atom is -0.741 e. The number of rotatable bonds is 12. The molecular formula is C35H45F3N12O5S. The SMILES string of the molecule is C=[N+]([O-])c1ncc(CN(c2cnc3cc(N4CCOCC4)nc(OC4CCC(Nc5ncc(N6CCN(CC(F)(F)F)CC6)cn5)CC4)c3c2)S(C)(=O)=O)n1C. The molecule has 0 aromatic carbocycles. The second-order valence-corrected chi connectivity index (χ2v) is 16.2. The zero-order valence-electron chi connectivity index (χ0n) is 31.2. The Hall–Kier alpha value is -5.02. The fourth-order valence-corrected chi connectivity index (χ4v) is 8.10. The lowest BCUT2D eigenvalue weighted by Gasteiger charge is -2.36. The summed E-state index contributed by atoms with van der Waals surface area (Å²) in [5.41, 5.74) is 2.13. The maximum atomic E-state index is 13.2. The zero-order chi connectivity index (χ0) is 39.6. The van der Waals surface area contributed by atoms with E-state index in [1.165, 1.54) is 26.2 Å². The predicted molar refractivity (Wildman–Crippen MR) is 204 cm³/mol. The largest absolute Gasteiger partial charge is 0.741 e. The van der Waals surface area contributed by atoms with E-state index in [1.54, 1.807) is 25.5 Å². The number of sulfonamides is 1. The van der Waals surface area contributed by atoms with Crippen molar-refractivity contribution in [2.75, 3.05) is 84.7 Å². The molecule has 1 aliphatic carbocycles. The van der Waals surface area contributed by atoms with Gasteiger partial charge in [-0.2, -0.15) is 18.2 Å². The molecule has 3 fully saturated rings. The summed E-state index contributed by atoms with van der Waals surface area (Å²) in [6, 6.07) is 3.67. The first kappa shape index (κ1) is 39.2. The average molecular weight is 803 g/mol. The summed E-state index contributed by atoms with van der Waals surface area (Å²) in [5.74, 6) is 1.55. The standard InChI is InChI=1S/C35H45F3N12O5S/c1-45-27(21-42-34(45)46(2)51)22-50(56(3,52)53)25-16-29-30(39-18-25)17-31(49-12-14-54-15-13-49)44-32(29)55-28-6-4-24(5-7-28)43-33-40-19-26(20-41-33)48-10-8-47(9-11-48)23-35(36,37)38/h16-21,24,28H,2,4-15,22-23H2,1,3H3,(H,40,41,43). The highest BCUT2D eigenvalue weighted by atomic mass is 32.2. The molecule has 56 heavy (non-hydrogen) atoms. The third-order valence-corrected chi connectivity index (χ3v) is 11.4. The number of hydrogen-bond donors (Lipinski definition) is 1. The number of aromatic nitrogens is 6. The van der Waals surface area contributed by atoms with Crippen LogP contribution in [0.4, 0.5) is 42.3 Å². The van der Waals surface area contributed by atoms with Crippen LogP contribution in [0.2, 0.25) is 0 Å². The third-order valence-electron chi connectivity index (χ3n) is 10.3. The highest BCUT2D eigenvalue weighted by Gasteiger charge is 2.33. The first-order valence-electron chi connectivity index (χ1n) is 18.4. The second kappa shape index (κ2) is 16.2. The Kier molecular flexibility index (Phi) is 11.4. The Morgan fingerprint density at radius 2 is 1.68 bits per heavy atom. The molecule has 1 saturated carbocycles. The monoisotopic (exact) mass is 802 g/mol. The molecule has 7 rings (SSSR count). The van der Waals surface area contributed by atoms with Crippen molar-refractivity contribution in [1.82, 2.24) is 34.4 Å². The minimum atomic E-state index is -4.21. The van der Waals surface area contributed by atoms with Crippen LogP contribution in [0.15, 0.2) is 36.9 Å². The molecule has 6 heterocycles. The summed E-state index contributed by atoms with van der Waals surface area (Å²) in [4.78, 5) is 28.2. The van der Waals surface area contributed by atoms with Gasteiger partial charge in [0, 0.05) is 58.1 Å². The van der Waals surface area contributed by atoms with Gasteiger partial charge in [-0.15, -0.1) is 0 Å². The Morgan fingerprint density at radius 3 is 2.30 bits per heavy atom. The Morgan fingerprint density at radius 1 is 0.982 bits per heavy atom. The number of ether oxygens (including phenoxy) is 2. The van der Waals surface area contributed by atoms with Crippen molar-refractivity contribution in [3.8, 4) is 5.88 Å². The normalized spacial score (nSPS) is 19.9. The van der Waals surface area contributed by atoms with E-state index in [9.17, 15) is 26.8 Å². The molecule has 0 atom stereocenters. The molecule has 4 aromatic rings. The van der Waals surface area contributed by atoms with Crippen molar-refractivity contribution in [3.63, 3.8) is 0 Å². The number of halogens is 3. The lowest BCUT2D eigenvalue weighted by Crippen LogP contribution is -2.49. The summed E-state index contributed by atoms with van der Waals surface area (Å²) in [7, 11) is -2.21. The van der Waals surface area contributed by atoms with Gasteiger partial charge in [0.1, 0.15) is 23.8 Å². The van der Waals surface area contributed by atoms with E-state index in [0.29, 0.717) is 110 Å². The maximum absolute atomic E-state index is 13.2. The van der Waals surface area contributed by atoms with E-state index in [-0.39, 0.29) is 24.6 Å². The van der Waals surface area contributed by atoms with Gasteiger partial charge in [-0.3, -0.25) is 18.9 Å². The molecule has 0 unspecified atom stereocenters. The van der Waals surface area contributed by atoms with Gasteiger partial charge in [-0.25, -0.2) is 23.0 Å². The molecule has 302 valence electrons. The molecule has 17 nitrogen and oxygen atoms in total. The Labute approximate surface area is 322 Å². The van der Waals surface area contributed by atoms with E-state index in [4.69, 9.17) is 14.5 Å². The van der Waals surface area contributed by atoms with Gasteiger partial charge in [-0.05, 0) is 31.7 Å². The first-order valence-corrected chi connectivity index (χ1v) is 20.2.